The van der Waals surface area contributed by atoms with Crippen LogP contribution in [0, 0.1) is 11.6 Å². The van der Waals surface area contributed by atoms with Crippen molar-refractivity contribution >= 4 is 33.2 Å². The van der Waals surface area contributed by atoms with Crippen molar-refractivity contribution in [3.63, 3.8) is 0 Å². The molecule has 0 heterocycles. The molecule has 0 radical (unpaired) electrons. The molecule has 0 unspecified atom stereocenters. The van der Waals surface area contributed by atoms with E-state index in [1.807, 2.05) is 10.0 Å². The number of hydrogen-bond donors (Lipinski definition) is 2. The van der Waals surface area contributed by atoms with E-state index in [9.17, 15) is 22.0 Å². The minimum Gasteiger partial charge on any atom is -0.495 e. The Bertz CT molecular complexity index is 886. The maximum atomic E-state index is 13.4. The predicted molar refractivity (Wildman–Crippen MR) is 88.2 cm³/mol. The SMILES string of the molecule is COc1ccc(S(=O)(=O)NCC(=O)Nc2c(F)cccc2F)cc1Cl. The van der Waals surface area contributed by atoms with E-state index in [0.717, 1.165) is 24.3 Å². The number of anilines is 1. The van der Waals surface area contributed by atoms with Crippen LogP contribution in [-0.2, 0) is 14.8 Å². The van der Waals surface area contributed by atoms with E-state index in [1.54, 1.807) is 0 Å². The van der Waals surface area contributed by atoms with Crippen molar-refractivity contribution in [2.75, 3.05) is 19.0 Å². The van der Waals surface area contributed by atoms with Gasteiger partial charge in [-0.05, 0) is 30.3 Å². The molecule has 0 aromatic heterocycles. The first-order valence-corrected chi connectivity index (χ1v) is 8.68. The predicted octanol–water partition coefficient (Wildman–Crippen LogP) is 2.54. The molecule has 2 N–H and O–H groups in total. The highest BCUT2D eigenvalue weighted by Gasteiger charge is 2.18. The fourth-order valence-electron chi connectivity index (χ4n) is 1.86. The summed E-state index contributed by atoms with van der Waals surface area (Å²) in [4.78, 5) is 11.6. The number of methoxy groups -OCH3 is 1. The van der Waals surface area contributed by atoms with E-state index in [4.69, 9.17) is 16.3 Å². The molecule has 0 bridgehead atoms. The Morgan fingerprint density at radius 3 is 2.40 bits per heavy atom. The van der Waals surface area contributed by atoms with Crippen molar-refractivity contribution in [1.29, 1.82) is 0 Å². The lowest BCUT2D eigenvalue weighted by molar-refractivity contribution is -0.115. The summed E-state index contributed by atoms with van der Waals surface area (Å²) >= 11 is 5.86. The summed E-state index contributed by atoms with van der Waals surface area (Å²) in [6.07, 6.45) is 0. The summed E-state index contributed by atoms with van der Waals surface area (Å²) < 4.78 is 58.1. The molecule has 0 aliphatic rings. The highest BCUT2D eigenvalue weighted by Crippen LogP contribution is 2.26. The molecule has 0 saturated carbocycles. The van der Waals surface area contributed by atoms with Crippen LogP contribution in [-0.4, -0.2) is 28.0 Å². The van der Waals surface area contributed by atoms with Gasteiger partial charge in [-0.15, -0.1) is 0 Å². The molecule has 0 aliphatic heterocycles. The Labute approximate surface area is 147 Å². The quantitative estimate of drug-likeness (QED) is 0.793. The van der Waals surface area contributed by atoms with E-state index in [1.165, 1.54) is 19.2 Å². The summed E-state index contributed by atoms with van der Waals surface area (Å²) in [7, 11) is -2.68. The van der Waals surface area contributed by atoms with E-state index < -0.39 is 39.8 Å². The molecule has 0 saturated heterocycles. The highest BCUT2D eigenvalue weighted by molar-refractivity contribution is 7.89. The molecule has 2 aromatic carbocycles. The number of ether oxygens (including phenoxy) is 1. The number of carbonyl (C=O) groups excluding carboxylic acids is 1. The topological polar surface area (TPSA) is 84.5 Å². The molecular formula is C15H13ClF2N2O4S. The number of benzene rings is 2. The summed E-state index contributed by atoms with van der Waals surface area (Å²) in [6, 6.07) is 6.80. The van der Waals surface area contributed by atoms with Crippen molar-refractivity contribution in [3.05, 3.63) is 53.1 Å². The molecule has 0 spiro atoms. The molecule has 10 heteroatoms. The van der Waals surface area contributed by atoms with Crippen LogP contribution in [0.2, 0.25) is 5.02 Å². The van der Waals surface area contributed by atoms with E-state index in [0.29, 0.717) is 0 Å². The Morgan fingerprint density at radius 2 is 1.84 bits per heavy atom. The largest absolute Gasteiger partial charge is 0.495 e. The number of rotatable bonds is 6. The van der Waals surface area contributed by atoms with Gasteiger partial charge in [0.25, 0.3) is 0 Å². The molecule has 6 nitrogen and oxygen atoms in total. The molecule has 0 atom stereocenters. The molecule has 0 aliphatic carbocycles. The average Bonchev–Trinajstić information content (AvgIpc) is 2.56. The van der Waals surface area contributed by atoms with Gasteiger partial charge in [0.15, 0.2) is 0 Å². The van der Waals surface area contributed by atoms with Crippen molar-refractivity contribution in [2.45, 2.75) is 4.90 Å². The maximum absolute atomic E-state index is 13.4. The molecule has 0 fully saturated rings. The van der Waals surface area contributed by atoms with Gasteiger partial charge in [-0.2, -0.15) is 0 Å². The standard InChI is InChI=1S/C15H13ClF2N2O4S/c1-24-13-6-5-9(7-10(13)16)25(22,23)19-8-14(21)20-15-11(17)3-2-4-12(15)18/h2-7,19H,8H2,1H3,(H,20,21). The normalized spacial score (nSPS) is 11.2. The summed E-state index contributed by atoms with van der Waals surface area (Å²) in [5, 5.41) is 2.04. The van der Waals surface area contributed by atoms with Crippen LogP contribution in [0.3, 0.4) is 0 Å². The van der Waals surface area contributed by atoms with Gasteiger partial charge in [0.2, 0.25) is 15.9 Å². The van der Waals surface area contributed by atoms with Crippen LogP contribution in [0.4, 0.5) is 14.5 Å². The summed E-state index contributed by atoms with van der Waals surface area (Å²) in [5.41, 5.74) is -0.654. The molecule has 2 aromatic rings. The third-order valence-corrected chi connectivity index (χ3v) is 4.78. The maximum Gasteiger partial charge on any atom is 0.241 e. The van der Waals surface area contributed by atoms with Crippen LogP contribution in [0.1, 0.15) is 0 Å². The molecule has 134 valence electrons. The van der Waals surface area contributed by atoms with Gasteiger partial charge in [0, 0.05) is 0 Å². The lowest BCUT2D eigenvalue weighted by Crippen LogP contribution is -2.33. The molecule has 1 amide bonds. The Hall–Kier alpha value is -2.23. The second-order valence-corrected chi connectivity index (χ2v) is 6.94. The van der Waals surface area contributed by atoms with E-state index >= 15 is 0 Å². The van der Waals surface area contributed by atoms with Crippen molar-refractivity contribution in [1.82, 2.24) is 4.72 Å². The number of para-hydroxylation sites is 1. The third kappa shape index (κ3) is 4.65. The minimum absolute atomic E-state index is 0.0725. The van der Waals surface area contributed by atoms with Crippen molar-refractivity contribution < 1.29 is 26.7 Å². The highest BCUT2D eigenvalue weighted by atomic mass is 35.5. The van der Waals surface area contributed by atoms with Crippen LogP contribution >= 0.6 is 11.6 Å². The monoisotopic (exact) mass is 390 g/mol. The lowest BCUT2D eigenvalue weighted by atomic mass is 10.3. The fourth-order valence-corrected chi connectivity index (χ4v) is 3.19. The van der Waals surface area contributed by atoms with Gasteiger partial charge in [0.05, 0.1) is 23.6 Å². The fraction of sp³-hybridized carbons (Fsp3) is 0.133. The van der Waals surface area contributed by atoms with Crippen LogP contribution in [0.15, 0.2) is 41.3 Å². The van der Waals surface area contributed by atoms with Crippen LogP contribution in [0.25, 0.3) is 0 Å². The van der Waals surface area contributed by atoms with Crippen LogP contribution < -0.4 is 14.8 Å². The van der Waals surface area contributed by atoms with E-state index in [-0.39, 0.29) is 15.7 Å². The van der Waals surface area contributed by atoms with E-state index in [2.05, 4.69) is 0 Å². The third-order valence-electron chi connectivity index (χ3n) is 3.08. The zero-order chi connectivity index (χ0) is 18.6. The summed E-state index contributed by atoms with van der Waals surface area (Å²) in [6.45, 7) is -0.722. The van der Waals surface area contributed by atoms with Gasteiger partial charge in [-0.1, -0.05) is 17.7 Å². The Kier molecular flexibility index (Phi) is 5.93. The number of sulfonamides is 1. The number of hydrogen-bond acceptors (Lipinski definition) is 4. The summed E-state index contributed by atoms with van der Waals surface area (Å²) in [5.74, 6) is -2.60. The molecular weight excluding hydrogens is 378 g/mol. The van der Waals surface area contributed by atoms with Gasteiger partial charge in [-0.3, -0.25) is 4.79 Å². The zero-order valence-electron chi connectivity index (χ0n) is 12.8. The smallest absolute Gasteiger partial charge is 0.241 e. The Balaban J connectivity index is 2.07. The molecule has 25 heavy (non-hydrogen) atoms. The number of nitrogens with one attached hydrogen (secondary N) is 2. The first-order valence-electron chi connectivity index (χ1n) is 6.81. The number of amides is 1. The first-order chi connectivity index (χ1) is 11.7. The second kappa shape index (κ2) is 7.77. The van der Waals surface area contributed by atoms with Crippen LogP contribution in [0.5, 0.6) is 5.75 Å². The minimum atomic E-state index is -4.05. The second-order valence-electron chi connectivity index (χ2n) is 4.77. The Morgan fingerprint density at radius 1 is 1.20 bits per heavy atom. The van der Waals surface area contributed by atoms with Gasteiger partial charge < -0.3 is 10.1 Å². The van der Waals surface area contributed by atoms with Crippen molar-refractivity contribution in [3.8, 4) is 5.75 Å². The van der Waals surface area contributed by atoms with Gasteiger partial charge in [-0.25, -0.2) is 21.9 Å². The average molecular weight is 391 g/mol. The first kappa shape index (κ1) is 19.1. The number of carbonyl (C=O) groups is 1. The van der Waals surface area contributed by atoms with Gasteiger partial charge in [0.1, 0.15) is 23.1 Å². The lowest BCUT2D eigenvalue weighted by Gasteiger charge is -2.10. The van der Waals surface area contributed by atoms with Gasteiger partial charge >= 0.3 is 0 Å². The zero-order valence-corrected chi connectivity index (χ0v) is 14.4. The molecule has 2 rings (SSSR count). The number of halogens is 3. The van der Waals surface area contributed by atoms with Crippen molar-refractivity contribution in [2.24, 2.45) is 0 Å².